The zero-order valence-corrected chi connectivity index (χ0v) is 15.8. The van der Waals surface area contributed by atoms with Crippen LogP contribution in [0.3, 0.4) is 0 Å². The van der Waals surface area contributed by atoms with Crippen LogP contribution in [-0.2, 0) is 16.0 Å². The fraction of sp³-hybridized carbons (Fsp3) is 0.619. The van der Waals surface area contributed by atoms with Crippen molar-refractivity contribution in [3.8, 4) is 11.5 Å². The second-order valence-electron chi connectivity index (χ2n) is 9.26. The van der Waals surface area contributed by atoms with E-state index in [9.17, 15) is 4.79 Å². The molecule has 1 aromatic carbocycles. The first kappa shape index (κ1) is 16.2. The number of fused-ring (bicyclic) bond motifs is 3. The van der Waals surface area contributed by atoms with Gasteiger partial charge in [0.1, 0.15) is 5.60 Å². The summed E-state index contributed by atoms with van der Waals surface area (Å²) >= 11 is 0. The minimum absolute atomic E-state index is 0.224. The summed E-state index contributed by atoms with van der Waals surface area (Å²) in [5.41, 5.74) is 0.993. The molecule has 26 heavy (non-hydrogen) atoms. The van der Waals surface area contributed by atoms with Crippen molar-refractivity contribution in [2.75, 3.05) is 6.79 Å². The van der Waals surface area contributed by atoms with Gasteiger partial charge in [0.05, 0.1) is 5.71 Å². The molecule has 2 heterocycles. The second-order valence-corrected chi connectivity index (χ2v) is 9.26. The van der Waals surface area contributed by atoms with Crippen molar-refractivity contribution >= 4 is 11.7 Å². The molecule has 0 saturated heterocycles. The molecule has 0 aromatic heterocycles. The van der Waals surface area contributed by atoms with Crippen LogP contribution in [0, 0.1) is 17.3 Å². The van der Waals surface area contributed by atoms with Crippen molar-refractivity contribution in [2.45, 2.75) is 58.1 Å². The zero-order valence-electron chi connectivity index (χ0n) is 15.8. The molecule has 1 aromatic rings. The quantitative estimate of drug-likeness (QED) is 0.762. The highest BCUT2D eigenvalue weighted by atomic mass is 16.7. The Morgan fingerprint density at radius 1 is 1.12 bits per heavy atom. The van der Waals surface area contributed by atoms with Crippen molar-refractivity contribution < 1.29 is 19.0 Å². The first-order valence-corrected chi connectivity index (χ1v) is 9.42. The van der Waals surface area contributed by atoms with Gasteiger partial charge in [-0.1, -0.05) is 19.9 Å². The Bertz CT molecular complexity index is 844. The van der Waals surface area contributed by atoms with Gasteiger partial charge in [-0.2, -0.15) is 0 Å². The molecule has 0 amide bonds. The Morgan fingerprint density at radius 3 is 2.69 bits per heavy atom. The van der Waals surface area contributed by atoms with Crippen LogP contribution in [-0.4, -0.2) is 29.6 Å². The highest BCUT2D eigenvalue weighted by molar-refractivity contribution is 6.01. The minimum Gasteiger partial charge on any atom is -0.454 e. The summed E-state index contributed by atoms with van der Waals surface area (Å²) in [6.07, 6.45) is 2.34. The van der Waals surface area contributed by atoms with E-state index in [-0.39, 0.29) is 12.8 Å². The van der Waals surface area contributed by atoms with E-state index >= 15 is 0 Å². The van der Waals surface area contributed by atoms with Crippen LogP contribution in [0.25, 0.3) is 0 Å². The predicted molar refractivity (Wildman–Crippen MR) is 96.6 cm³/mol. The smallest absolute Gasteiger partial charge is 0.334 e. The Hall–Kier alpha value is -2.04. The number of nitrogens with zero attached hydrogens (tertiary/aromatic N) is 1. The maximum Gasteiger partial charge on any atom is 0.334 e. The first-order chi connectivity index (χ1) is 12.2. The molecule has 0 spiro atoms. The largest absolute Gasteiger partial charge is 0.454 e. The summed E-state index contributed by atoms with van der Waals surface area (Å²) in [5, 5.41) is 0. The SMILES string of the molecule is CC1(C)[C@@H]2CC3=N[C@@](C)(Cc4ccc5c(c4)OCO5)C(=O)O[C@@]3(C)C[C@@H]21. The summed E-state index contributed by atoms with van der Waals surface area (Å²) in [6, 6.07) is 5.81. The van der Waals surface area contributed by atoms with E-state index in [1.54, 1.807) is 0 Å². The first-order valence-electron chi connectivity index (χ1n) is 9.42. The highest BCUT2D eigenvalue weighted by Gasteiger charge is 2.65. The molecular formula is C21H25NO4. The molecule has 138 valence electrons. The number of carbonyl (C=O) groups excluding carboxylic acids is 1. The van der Waals surface area contributed by atoms with Gasteiger partial charge in [0.15, 0.2) is 17.0 Å². The third-order valence-electron chi connectivity index (χ3n) is 7.05. The molecule has 2 fully saturated rings. The Kier molecular flexibility index (Phi) is 2.99. The Balaban J connectivity index is 1.46. The predicted octanol–water partition coefficient (Wildman–Crippen LogP) is 3.54. The van der Waals surface area contributed by atoms with E-state index in [0.717, 1.165) is 35.6 Å². The summed E-state index contributed by atoms with van der Waals surface area (Å²) in [5.74, 6) is 2.56. The topological polar surface area (TPSA) is 57.1 Å². The van der Waals surface area contributed by atoms with Gasteiger partial charge in [0.25, 0.3) is 0 Å². The van der Waals surface area contributed by atoms with Crippen LogP contribution < -0.4 is 9.47 Å². The highest BCUT2D eigenvalue weighted by Crippen LogP contribution is 2.66. The molecule has 5 rings (SSSR count). The van der Waals surface area contributed by atoms with E-state index in [2.05, 4.69) is 13.8 Å². The molecule has 0 radical (unpaired) electrons. The molecule has 0 unspecified atom stereocenters. The standard InChI is InChI=1S/C21H25NO4/c1-19(2)13-8-17-21(4,10-14(13)19)26-18(23)20(3,22-17)9-12-5-6-15-16(7-12)25-11-24-15/h5-7,13-14H,8-11H2,1-4H3/t13-,14+,20+,21+/m1/s1. The lowest BCUT2D eigenvalue weighted by Crippen LogP contribution is -2.55. The Morgan fingerprint density at radius 2 is 1.88 bits per heavy atom. The maximum absolute atomic E-state index is 12.9. The average Bonchev–Trinajstić information content (AvgIpc) is 2.93. The van der Waals surface area contributed by atoms with Crippen molar-refractivity contribution in [3.63, 3.8) is 0 Å². The molecule has 5 nitrogen and oxygen atoms in total. The van der Waals surface area contributed by atoms with E-state index < -0.39 is 11.1 Å². The summed E-state index contributed by atoms with van der Waals surface area (Å²) in [7, 11) is 0. The van der Waals surface area contributed by atoms with Gasteiger partial charge >= 0.3 is 5.97 Å². The van der Waals surface area contributed by atoms with Crippen LogP contribution in [0.2, 0.25) is 0 Å². The number of esters is 1. The van der Waals surface area contributed by atoms with Gasteiger partial charge in [0, 0.05) is 6.42 Å². The average molecular weight is 355 g/mol. The molecule has 5 heteroatoms. The third kappa shape index (κ3) is 2.15. The number of hydrogen-bond acceptors (Lipinski definition) is 5. The van der Waals surface area contributed by atoms with Crippen molar-refractivity contribution in [2.24, 2.45) is 22.2 Å². The van der Waals surface area contributed by atoms with Crippen molar-refractivity contribution in [1.29, 1.82) is 0 Å². The third-order valence-corrected chi connectivity index (χ3v) is 7.05. The number of ether oxygens (including phenoxy) is 3. The van der Waals surface area contributed by atoms with Gasteiger partial charge < -0.3 is 14.2 Å². The van der Waals surface area contributed by atoms with Crippen LogP contribution in [0.15, 0.2) is 23.2 Å². The molecule has 4 atom stereocenters. The lowest BCUT2D eigenvalue weighted by atomic mass is 9.80. The lowest BCUT2D eigenvalue weighted by Gasteiger charge is -2.42. The summed E-state index contributed by atoms with van der Waals surface area (Å²) < 4.78 is 16.8. The lowest BCUT2D eigenvalue weighted by molar-refractivity contribution is -0.162. The van der Waals surface area contributed by atoms with Crippen molar-refractivity contribution in [1.82, 2.24) is 0 Å². The normalized spacial score (nSPS) is 38.8. The fourth-order valence-corrected chi connectivity index (χ4v) is 5.11. The van der Waals surface area contributed by atoms with Gasteiger partial charge in [-0.3, -0.25) is 4.99 Å². The van der Waals surface area contributed by atoms with Gasteiger partial charge in [-0.05, 0) is 61.6 Å². The number of carbonyl (C=O) groups is 1. The van der Waals surface area contributed by atoms with E-state index in [1.165, 1.54) is 0 Å². The second kappa shape index (κ2) is 4.81. The summed E-state index contributed by atoms with van der Waals surface area (Å²) in [6.45, 7) is 8.80. The monoisotopic (exact) mass is 355 g/mol. The van der Waals surface area contributed by atoms with E-state index in [4.69, 9.17) is 19.2 Å². The molecule has 2 aliphatic carbocycles. The maximum atomic E-state index is 12.9. The van der Waals surface area contributed by atoms with Gasteiger partial charge in [-0.15, -0.1) is 0 Å². The minimum atomic E-state index is -0.881. The van der Waals surface area contributed by atoms with Gasteiger partial charge in [-0.25, -0.2) is 4.79 Å². The van der Waals surface area contributed by atoms with E-state index in [1.807, 2.05) is 32.0 Å². The van der Waals surface area contributed by atoms with Crippen LogP contribution >= 0.6 is 0 Å². The number of benzene rings is 1. The van der Waals surface area contributed by atoms with Crippen LogP contribution in [0.1, 0.15) is 46.1 Å². The number of hydrogen-bond donors (Lipinski definition) is 0. The molecule has 0 N–H and O–H groups in total. The zero-order chi connectivity index (χ0) is 18.3. The number of aliphatic imine (C=N–C) groups is 1. The van der Waals surface area contributed by atoms with Crippen LogP contribution in [0.5, 0.6) is 11.5 Å². The van der Waals surface area contributed by atoms with Gasteiger partial charge in [0.2, 0.25) is 6.79 Å². The molecule has 2 aliphatic heterocycles. The number of rotatable bonds is 2. The molecule has 0 bridgehead atoms. The molecular weight excluding hydrogens is 330 g/mol. The van der Waals surface area contributed by atoms with Crippen molar-refractivity contribution in [3.05, 3.63) is 23.8 Å². The van der Waals surface area contributed by atoms with Crippen LogP contribution in [0.4, 0.5) is 0 Å². The fourth-order valence-electron chi connectivity index (χ4n) is 5.11. The molecule has 4 aliphatic rings. The summed E-state index contributed by atoms with van der Waals surface area (Å²) in [4.78, 5) is 17.9. The molecule has 2 saturated carbocycles. The van der Waals surface area contributed by atoms with E-state index in [0.29, 0.717) is 23.7 Å². The Labute approximate surface area is 153 Å².